The summed E-state index contributed by atoms with van der Waals surface area (Å²) in [6.07, 6.45) is 3.19. The van der Waals surface area contributed by atoms with Gasteiger partial charge in [0.25, 0.3) is 0 Å². The summed E-state index contributed by atoms with van der Waals surface area (Å²) in [6, 6.07) is 42.6. The zero-order valence-corrected chi connectivity index (χ0v) is 23.1. The molecule has 0 saturated heterocycles. The van der Waals surface area contributed by atoms with Crippen LogP contribution in [0, 0.1) is 0 Å². The SMILES string of the molecule is [Cl-].[Cl-].[Hf+4].c1ccc(C[c-]2cccc2)cc1.c1ccc2[cH-]c(-n3ccc4ccccc43)cc2c1. The van der Waals surface area contributed by atoms with Crippen molar-refractivity contribution in [2.75, 3.05) is 0 Å². The average Bonchev–Trinajstić information content (AvgIpc) is 3.54. The van der Waals surface area contributed by atoms with Gasteiger partial charge in [0, 0.05) is 6.20 Å². The van der Waals surface area contributed by atoms with E-state index >= 15 is 0 Å². The van der Waals surface area contributed by atoms with Crippen LogP contribution in [0.25, 0.3) is 27.4 Å². The van der Waals surface area contributed by atoms with Crippen molar-refractivity contribution in [1.82, 2.24) is 4.57 Å². The number of hydrogen-bond acceptors (Lipinski definition) is 0. The molecule has 0 unspecified atom stereocenters. The summed E-state index contributed by atoms with van der Waals surface area (Å²) in [5, 5.41) is 3.87. The monoisotopic (exact) mass is 635 g/mol. The number of para-hydroxylation sites is 1. The molecule has 6 rings (SSSR count). The minimum absolute atomic E-state index is 0. The molecule has 0 aliphatic rings. The molecule has 0 fully saturated rings. The second-order valence-electron chi connectivity index (χ2n) is 7.54. The Labute approximate surface area is 226 Å². The largest absolute Gasteiger partial charge is 4.00 e. The first-order chi connectivity index (χ1) is 14.9. The van der Waals surface area contributed by atoms with Gasteiger partial charge in [0.2, 0.25) is 0 Å². The molecule has 1 nitrogen and oxygen atoms in total. The first kappa shape index (κ1) is 26.9. The summed E-state index contributed by atoms with van der Waals surface area (Å²) >= 11 is 0. The van der Waals surface area contributed by atoms with E-state index in [0.29, 0.717) is 0 Å². The fourth-order valence-electron chi connectivity index (χ4n) is 3.94. The summed E-state index contributed by atoms with van der Waals surface area (Å²) in [5.74, 6) is 0. The number of aromatic nitrogens is 1. The Bertz CT molecular complexity index is 1330. The molecule has 0 atom stereocenters. The van der Waals surface area contributed by atoms with Crippen molar-refractivity contribution in [3.8, 4) is 5.69 Å². The fraction of sp³-hybridized carbons (Fsp3) is 0.0345. The molecule has 5 aromatic carbocycles. The van der Waals surface area contributed by atoms with Crippen LogP contribution in [0.5, 0.6) is 0 Å². The molecule has 162 valence electrons. The number of rotatable bonds is 3. The van der Waals surface area contributed by atoms with E-state index in [-0.39, 0.29) is 50.7 Å². The predicted molar refractivity (Wildman–Crippen MR) is 128 cm³/mol. The van der Waals surface area contributed by atoms with Crippen LogP contribution in [0.15, 0.2) is 128 Å². The summed E-state index contributed by atoms with van der Waals surface area (Å²) in [5.41, 5.74) is 5.26. The van der Waals surface area contributed by atoms with E-state index in [1.54, 1.807) is 0 Å². The molecule has 0 radical (unpaired) electrons. The topological polar surface area (TPSA) is 4.93 Å². The van der Waals surface area contributed by atoms with Crippen molar-refractivity contribution in [2.24, 2.45) is 0 Å². The Morgan fingerprint density at radius 2 is 1.30 bits per heavy atom. The van der Waals surface area contributed by atoms with E-state index in [1.165, 1.54) is 38.5 Å². The smallest absolute Gasteiger partial charge is 1.00 e. The minimum atomic E-state index is 0. The summed E-state index contributed by atoms with van der Waals surface area (Å²) < 4.78 is 2.25. The van der Waals surface area contributed by atoms with Crippen LogP contribution in [0.4, 0.5) is 0 Å². The number of hydrogen-bond donors (Lipinski definition) is 0. The van der Waals surface area contributed by atoms with Gasteiger partial charge in [-0.2, -0.15) is 17.7 Å². The summed E-state index contributed by atoms with van der Waals surface area (Å²) in [4.78, 5) is 0. The normalized spacial score (nSPS) is 9.82. The quantitative estimate of drug-likeness (QED) is 0.206. The molecule has 1 aromatic heterocycles. The third kappa shape index (κ3) is 6.35. The molecule has 0 saturated carbocycles. The van der Waals surface area contributed by atoms with Gasteiger partial charge < -0.3 is 29.4 Å². The van der Waals surface area contributed by atoms with Crippen molar-refractivity contribution in [3.63, 3.8) is 0 Å². The second-order valence-corrected chi connectivity index (χ2v) is 7.54. The van der Waals surface area contributed by atoms with E-state index in [1.807, 2.05) is 0 Å². The third-order valence-corrected chi connectivity index (χ3v) is 5.46. The van der Waals surface area contributed by atoms with Crippen LogP contribution < -0.4 is 24.8 Å². The first-order valence-corrected chi connectivity index (χ1v) is 10.3. The van der Waals surface area contributed by atoms with Gasteiger partial charge in [0.05, 0.1) is 5.52 Å². The van der Waals surface area contributed by atoms with E-state index in [2.05, 4.69) is 132 Å². The Hall–Kier alpha value is -2.39. The van der Waals surface area contributed by atoms with Crippen LogP contribution in [0.2, 0.25) is 0 Å². The van der Waals surface area contributed by atoms with Crippen molar-refractivity contribution in [2.45, 2.75) is 6.42 Å². The van der Waals surface area contributed by atoms with Crippen LogP contribution in [-0.2, 0) is 32.3 Å². The molecule has 33 heavy (non-hydrogen) atoms. The van der Waals surface area contributed by atoms with E-state index in [0.717, 1.165) is 6.42 Å². The average molecular weight is 635 g/mol. The Morgan fingerprint density at radius 3 is 2.03 bits per heavy atom. The molecule has 0 bridgehead atoms. The molecule has 0 aliphatic heterocycles. The van der Waals surface area contributed by atoms with Crippen LogP contribution in [0.1, 0.15) is 11.1 Å². The van der Waals surface area contributed by atoms with Gasteiger partial charge in [0.1, 0.15) is 0 Å². The van der Waals surface area contributed by atoms with Crippen LogP contribution in [0.3, 0.4) is 0 Å². The minimum Gasteiger partial charge on any atom is -1.00 e. The van der Waals surface area contributed by atoms with E-state index < -0.39 is 0 Å². The molecule has 6 aromatic rings. The van der Waals surface area contributed by atoms with Gasteiger partial charge in [-0.05, 0) is 29.6 Å². The molecule has 4 heteroatoms. The zero-order valence-electron chi connectivity index (χ0n) is 18.0. The molecule has 0 spiro atoms. The van der Waals surface area contributed by atoms with E-state index in [9.17, 15) is 0 Å². The molecular weight excluding hydrogens is 612 g/mol. The number of nitrogens with zero attached hydrogens (tertiary/aromatic N) is 1. The Morgan fingerprint density at radius 1 is 0.667 bits per heavy atom. The third-order valence-electron chi connectivity index (χ3n) is 5.46. The van der Waals surface area contributed by atoms with Crippen LogP contribution in [-0.4, -0.2) is 4.57 Å². The molecule has 0 amide bonds. The maximum Gasteiger partial charge on any atom is 4.00 e. The van der Waals surface area contributed by atoms with Crippen molar-refractivity contribution in [1.29, 1.82) is 0 Å². The molecule has 1 heterocycles. The molecular formula is C29H23Cl2HfN. The van der Waals surface area contributed by atoms with Crippen LogP contribution >= 0.6 is 0 Å². The molecule has 0 aliphatic carbocycles. The maximum atomic E-state index is 2.25. The first-order valence-electron chi connectivity index (χ1n) is 10.3. The maximum absolute atomic E-state index is 2.25. The van der Waals surface area contributed by atoms with Gasteiger partial charge in [-0.15, -0.1) is 41.1 Å². The van der Waals surface area contributed by atoms with Crippen molar-refractivity contribution >= 4 is 21.7 Å². The Balaban J connectivity index is 0.000000229. The van der Waals surface area contributed by atoms with Crippen molar-refractivity contribution in [3.05, 3.63) is 139 Å². The standard InChI is InChI=1S/C17H12N.C12H11.2ClH.Hf/c1-2-7-15-12-16(11-14(15)6-1)18-10-9-13-5-3-4-8-17(13)18;1-2-6-11(7-3-1)10-12-8-4-5-9-12;;;/h1-12H;1-9H,10H2;2*1H;/q2*-1;;;+4/p-2. The fourth-order valence-corrected chi connectivity index (χ4v) is 3.94. The van der Waals surface area contributed by atoms with Gasteiger partial charge in [-0.3, -0.25) is 0 Å². The number of halogens is 2. The predicted octanol–water partition coefficient (Wildman–Crippen LogP) is 1.50. The van der Waals surface area contributed by atoms with Gasteiger partial charge in [-0.25, -0.2) is 12.1 Å². The summed E-state index contributed by atoms with van der Waals surface area (Å²) in [7, 11) is 0. The second kappa shape index (κ2) is 12.7. The number of fused-ring (bicyclic) bond motifs is 2. The van der Waals surface area contributed by atoms with Gasteiger partial charge >= 0.3 is 25.8 Å². The van der Waals surface area contributed by atoms with Gasteiger partial charge in [-0.1, -0.05) is 60.2 Å². The summed E-state index contributed by atoms with van der Waals surface area (Å²) in [6.45, 7) is 0. The zero-order chi connectivity index (χ0) is 20.2. The molecule has 0 N–H and O–H groups in total. The van der Waals surface area contributed by atoms with E-state index in [4.69, 9.17) is 0 Å². The Kier molecular flexibility index (Phi) is 10.4. The van der Waals surface area contributed by atoms with Gasteiger partial charge in [0.15, 0.2) is 0 Å². The number of benzene rings is 3. The van der Waals surface area contributed by atoms with Crippen molar-refractivity contribution < 1.29 is 50.7 Å².